The second kappa shape index (κ2) is 6.35. The van der Waals surface area contributed by atoms with E-state index in [2.05, 4.69) is 44.6 Å². The standard InChI is InChI=1S/C14H21N5.H2O/c1-13(2,3)14(4,5)19(12(16)18-10-15)11-6-8-17-9-7-11;/h6-9H,1-5H3,(H2,16,18);1H2. The fourth-order valence-electron chi connectivity index (χ4n) is 1.67. The summed E-state index contributed by atoms with van der Waals surface area (Å²) in [7, 11) is 0. The van der Waals surface area contributed by atoms with Crippen LogP contribution in [0.5, 0.6) is 0 Å². The topological polar surface area (TPSA) is 110 Å². The molecule has 0 bridgehead atoms. The first kappa shape index (κ1) is 17.9. The average Bonchev–Trinajstić information content (AvgIpc) is 2.29. The Balaban J connectivity index is 0.00000361. The Morgan fingerprint density at radius 1 is 1.25 bits per heavy atom. The number of hydrogen-bond acceptors (Lipinski definition) is 3. The van der Waals surface area contributed by atoms with Gasteiger partial charge in [0.2, 0.25) is 12.2 Å². The Hall–Kier alpha value is -2.13. The summed E-state index contributed by atoms with van der Waals surface area (Å²) >= 11 is 0. The number of aliphatic imine (C=N–C) groups is 1. The van der Waals surface area contributed by atoms with Crippen LogP contribution in [0.2, 0.25) is 0 Å². The zero-order valence-electron chi connectivity index (χ0n) is 12.7. The fraction of sp³-hybridized carbons (Fsp3) is 0.500. The summed E-state index contributed by atoms with van der Waals surface area (Å²) in [6.45, 7) is 10.5. The molecule has 1 aromatic rings. The number of nitrogens with zero attached hydrogens (tertiary/aromatic N) is 4. The van der Waals surface area contributed by atoms with E-state index in [1.807, 2.05) is 17.0 Å². The maximum atomic E-state index is 8.74. The molecule has 1 rings (SSSR count). The molecule has 1 aromatic heterocycles. The van der Waals surface area contributed by atoms with Crippen molar-refractivity contribution in [3.63, 3.8) is 0 Å². The molecule has 110 valence electrons. The fourth-order valence-corrected chi connectivity index (χ4v) is 1.67. The van der Waals surface area contributed by atoms with Gasteiger partial charge >= 0.3 is 0 Å². The second-order valence-electron chi connectivity index (χ2n) is 5.92. The van der Waals surface area contributed by atoms with Crippen LogP contribution in [0.15, 0.2) is 29.5 Å². The number of anilines is 1. The van der Waals surface area contributed by atoms with Gasteiger partial charge in [-0.1, -0.05) is 20.8 Å². The van der Waals surface area contributed by atoms with Crippen LogP contribution in [0.3, 0.4) is 0 Å². The Labute approximate surface area is 120 Å². The first-order chi connectivity index (χ1) is 8.71. The van der Waals surface area contributed by atoms with E-state index >= 15 is 0 Å². The SMILES string of the molecule is CC(C)(C)C(C)(C)N(C(N)=NC#N)c1ccncc1.O. The van der Waals surface area contributed by atoms with Crippen molar-refractivity contribution in [2.45, 2.75) is 40.2 Å². The maximum absolute atomic E-state index is 8.74. The quantitative estimate of drug-likeness (QED) is 0.503. The molecule has 0 aliphatic heterocycles. The third-order valence-corrected chi connectivity index (χ3v) is 3.71. The van der Waals surface area contributed by atoms with Crippen molar-refractivity contribution in [1.82, 2.24) is 4.98 Å². The van der Waals surface area contributed by atoms with Crippen LogP contribution in [0.25, 0.3) is 0 Å². The van der Waals surface area contributed by atoms with Gasteiger partial charge in [-0.3, -0.25) is 4.98 Å². The molecule has 0 radical (unpaired) electrons. The van der Waals surface area contributed by atoms with Crippen LogP contribution in [-0.2, 0) is 0 Å². The van der Waals surface area contributed by atoms with Crippen molar-refractivity contribution in [2.75, 3.05) is 4.90 Å². The summed E-state index contributed by atoms with van der Waals surface area (Å²) in [4.78, 5) is 9.56. The molecule has 20 heavy (non-hydrogen) atoms. The molecule has 0 aliphatic rings. The van der Waals surface area contributed by atoms with Crippen LogP contribution in [0.1, 0.15) is 34.6 Å². The molecule has 0 unspecified atom stereocenters. The van der Waals surface area contributed by atoms with Gasteiger partial charge in [-0.2, -0.15) is 5.26 Å². The van der Waals surface area contributed by atoms with E-state index in [-0.39, 0.29) is 22.4 Å². The normalized spacial score (nSPS) is 12.3. The van der Waals surface area contributed by atoms with Crippen molar-refractivity contribution < 1.29 is 5.48 Å². The van der Waals surface area contributed by atoms with Gasteiger partial charge in [-0.05, 0) is 31.4 Å². The molecule has 0 spiro atoms. The molecule has 0 saturated carbocycles. The molecular weight excluding hydrogens is 254 g/mol. The minimum absolute atomic E-state index is 0. The lowest BCUT2D eigenvalue weighted by atomic mass is 9.75. The molecule has 6 nitrogen and oxygen atoms in total. The highest BCUT2D eigenvalue weighted by atomic mass is 16.0. The molecule has 0 amide bonds. The Bertz CT molecular complexity index is 497. The van der Waals surface area contributed by atoms with Crippen LogP contribution in [0, 0.1) is 16.9 Å². The van der Waals surface area contributed by atoms with Gasteiger partial charge in [0.25, 0.3) is 0 Å². The van der Waals surface area contributed by atoms with Gasteiger partial charge in [0, 0.05) is 23.6 Å². The summed E-state index contributed by atoms with van der Waals surface area (Å²) in [5.41, 5.74) is 6.46. The molecule has 0 fully saturated rings. The van der Waals surface area contributed by atoms with Crippen LogP contribution in [0.4, 0.5) is 5.69 Å². The van der Waals surface area contributed by atoms with Crippen LogP contribution in [-0.4, -0.2) is 22.0 Å². The summed E-state index contributed by atoms with van der Waals surface area (Å²) < 4.78 is 0. The number of aromatic nitrogens is 1. The third kappa shape index (κ3) is 3.45. The van der Waals surface area contributed by atoms with E-state index in [1.54, 1.807) is 18.6 Å². The van der Waals surface area contributed by atoms with Gasteiger partial charge in [0.15, 0.2) is 0 Å². The number of hydrogen-bond donors (Lipinski definition) is 1. The lowest BCUT2D eigenvalue weighted by Crippen LogP contribution is -2.58. The van der Waals surface area contributed by atoms with E-state index in [0.29, 0.717) is 0 Å². The number of pyridine rings is 1. The minimum atomic E-state index is -0.321. The lowest BCUT2D eigenvalue weighted by molar-refractivity contribution is 0.231. The maximum Gasteiger partial charge on any atom is 0.212 e. The summed E-state index contributed by atoms with van der Waals surface area (Å²) in [6.07, 6.45) is 5.14. The third-order valence-electron chi connectivity index (χ3n) is 3.71. The smallest absolute Gasteiger partial charge is 0.212 e. The number of rotatable bonds is 2. The summed E-state index contributed by atoms with van der Waals surface area (Å²) in [5.74, 6) is 0.189. The number of nitrogens with two attached hydrogens (primary N) is 1. The summed E-state index contributed by atoms with van der Waals surface area (Å²) in [5, 5.41) is 8.74. The van der Waals surface area contributed by atoms with E-state index in [0.717, 1.165) is 5.69 Å². The number of nitriles is 1. The van der Waals surface area contributed by atoms with Gasteiger partial charge in [0.1, 0.15) is 0 Å². The molecule has 0 atom stereocenters. The van der Waals surface area contributed by atoms with E-state index in [9.17, 15) is 0 Å². The Morgan fingerprint density at radius 2 is 1.75 bits per heavy atom. The highest BCUT2D eigenvalue weighted by molar-refractivity contribution is 5.96. The van der Waals surface area contributed by atoms with Crippen molar-refractivity contribution in [3.05, 3.63) is 24.5 Å². The zero-order valence-corrected chi connectivity index (χ0v) is 12.7. The predicted molar refractivity (Wildman–Crippen MR) is 81.1 cm³/mol. The van der Waals surface area contributed by atoms with Crippen molar-refractivity contribution in [1.29, 1.82) is 5.26 Å². The zero-order chi connectivity index (χ0) is 14.7. The van der Waals surface area contributed by atoms with E-state index in [4.69, 9.17) is 11.0 Å². The van der Waals surface area contributed by atoms with Gasteiger partial charge < -0.3 is 16.1 Å². The van der Waals surface area contributed by atoms with Gasteiger partial charge in [0.05, 0.1) is 0 Å². The van der Waals surface area contributed by atoms with Crippen molar-refractivity contribution in [3.8, 4) is 6.19 Å². The lowest BCUT2D eigenvalue weighted by Gasteiger charge is -2.48. The van der Waals surface area contributed by atoms with Crippen LogP contribution < -0.4 is 10.6 Å². The second-order valence-corrected chi connectivity index (χ2v) is 5.92. The average molecular weight is 277 g/mol. The van der Waals surface area contributed by atoms with E-state index < -0.39 is 0 Å². The summed E-state index contributed by atoms with van der Waals surface area (Å²) in [6, 6.07) is 3.71. The highest BCUT2D eigenvalue weighted by Crippen LogP contribution is 2.37. The number of guanidine groups is 1. The molecular formula is C14H23N5O. The first-order valence-electron chi connectivity index (χ1n) is 6.14. The van der Waals surface area contributed by atoms with Crippen molar-refractivity contribution >= 4 is 11.6 Å². The largest absolute Gasteiger partial charge is 0.412 e. The monoisotopic (exact) mass is 277 g/mol. The minimum Gasteiger partial charge on any atom is -0.412 e. The molecule has 0 aromatic carbocycles. The Kier molecular flexibility index (Phi) is 5.67. The predicted octanol–water partition coefficient (Wildman–Crippen LogP) is 1.68. The molecule has 4 N–H and O–H groups in total. The highest BCUT2D eigenvalue weighted by Gasteiger charge is 2.40. The molecule has 1 heterocycles. The van der Waals surface area contributed by atoms with Gasteiger partial charge in [-0.25, -0.2) is 0 Å². The van der Waals surface area contributed by atoms with Crippen molar-refractivity contribution in [2.24, 2.45) is 16.1 Å². The molecule has 6 heteroatoms. The van der Waals surface area contributed by atoms with Crippen LogP contribution >= 0.6 is 0 Å². The molecule has 0 saturated heterocycles. The van der Waals surface area contributed by atoms with E-state index in [1.165, 1.54) is 0 Å². The molecule has 0 aliphatic carbocycles. The first-order valence-corrected chi connectivity index (χ1v) is 6.14. The Morgan fingerprint density at radius 3 is 2.15 bits per heavy atom. The van der Waals surface area contributed by atoms with Gasteiger partial charge in [-0.15, -0.1) is 4.99 Å².